The van der Waals surface area contributed by atoms with E-state index in [2.05, 4.69) is 11.1 Å². The maximum Gasteiger partial charge on any atom is 0.230 e. The van der Waals surface area contributed by atoms with Crippen molar-refractivity contribution in [1.82, 2.24) is 0 Å². The summed E-state index contributed by atoms with van der Waals surface area (Å²) in [4.78, 5) is 6.35. The van der Waals surface area contributed by atoms with Crippen molar-refractivity contribution in [3.05, 3.63) is 46.7 Å². The first-order valence-corrected chi connectivity index (χ1v) is 6.88. The van der Waals surface area contributed by atoms with Crippen LogP contribution in [0.3, 0.4) is 0 Å². The van der Waals surface area contributed by atoms with Crippen LogP contribution in [0.5, 0.6) is 0 Å². The molecule has 0 atom stereocenters. The van der Waals surface area contributed by atoms with Gasteiger partial charge in [0.2, 0.25) is 5.55 Å². The van der Waals surface area contributed by atoms with Crippen LogP contribution in [0.15, 0.2) is 43.5 Å². The third kappa shape index (κ3) is 1.86. The van der Waals surface area contributed by atoms with Gasteiger partial charge in [0.25, 0.3) is 0 Å². The van der Waals surface area contributed by atoms with Gasteiger partial charge in [-0.15, -0.1) is 0 Å². The molecule has 0 bridgehead atoms. The molecule has 0 radical (unpaired) electrons. The van der Waals surface area contributed by atoms with Crippen LogP contribution >= 0.6 is 11.8 Å². The van der Waals surface area contributed by atoms with Crippen LogP contribution in [0, 0.1) is 23.7 Å². The van der Waals surface area contributed by atoms with Crippen molar-refractivity contribution in [2.75, 3.05) is 0 Å². The second kappa shape index (κ2) is 4.66. The lowest BCUT2D eigenvalue weighted by Crippen LogP contribution is -2.12. The summed E-state index contributed by atoms with van der Waals surface area (Å²) in [6.07, 6.45) is 0. The van der Waals surface area contributed by atoms with Crippen LogP contribution in [0.2, 0.25) is 0 Å². The molecular formula is C15H11N3OS. The van der Waals surface area contributed by atoms with Gasteiger partial charge >= 0.3 is 0 Å². The molecular weight excluding hydrogens is 270 g/mol. The summed E-state index contributed by atoms with van der Waals surface area (Å²) in [7, 11) is 0. The second-order valence-corrected chi connectivity index (χ2v) is 5.50. The average molecular weight is 281 g/mol. The lowest BCUT2D eigenvalue weighted by Gasteiger charge is -2.10. The maximum absolute atomic E-state index is 9.31. The number of hydrogen-bond acceptors (Lipinski definition) is 5. The molecule has 0 saturated heterocycles. The molecule has 1 N–H and O–H groups in total. The van der Waals surface area contributed by atoms with Crippen LogP contribution in [0.25, 0.3) is 0 Å². The first-order chi connectivity index (χ1) is 9.61. The van der Waals surface area contributed by atoms with Crippen molar-refractivity contribution in [3.8, 4) is 6.07 Å². The summed E-state index contributed by atoms with van der Waals surface area (Å²) in [6, 6.07) is 9.86. The van der Waals surface area contributed by atoms with Crippen molar-refractivity contribution in [1.29, 1.82) is 10.7 Å². The number of para-hydroxylation sites is 1. The highest BCUT2D eigenvalue weighted by Gasteiger charge is 2.22. The number of aryl methyl sites for hydroxylation is 1. The SMILES string of the molecule is CC1=Nc2ccccc2Sc2c1c(C)oc(=N)c2C#N. The minimum absolute atomic E-state index is 0.0940. The molecule has 2 aromatic rings. The van der Waals surface area contributed by atoms with E-state index in [4.69, 9.17) is 9.83 Å². The van der Waals surface area contributed by atoms with Gasteiger partial charge in [-0.25, -0.2) is 0 Å². The van der Waals surface area contributed by atoms with Gasteiger partial charge in [0.15, 0.2) is 0 Å². The van der Waals surface area contributed by atoms with Crippen molar-refractivity contribution in [2.24, 2.45) is 4.99 Å². The Morgan fingerprint density at radius 3 is 2.80 bits per heavy atom. The van der Waals surface area contributed by atoms with Crippen LogP contribution < -0.4 is 5.55 Å². The Balaban J connectivity index is 2.41. The fourth-order valence-electron chi connectivity index (χ4n) is 2.25. The van der Waals surface area contributed by atoms with E-state index in [0.717, 1.165) is 26.8 Å². The molecule has 4 nitrogen and oxygen atoms in total. The molecule has 5 heteroatoms. The Kier molecular flexibility index (Phi) is 2.96. The third-order valence-corrected chi connectivity index (χ3v) is 4.30. The number of hydrogen-bond donors (Lipinski definition) is 1. The zero-order valence-corrected chi connectivity index (χ0v) is 11.8. The van der Waals surface area contributed by atoms with Crippen LogP contribution in [-0.4, -0.2) is 5.71 Å². The Morgan fingerprint density at radius 2 is 2.05 bits per heavy atom. The Hall–Kier alpha value is -2.32. The molecule has 0 amide bonds. The quantitative estimate of drug-likeness (QED) is 0.802. The smallest absolute Gasteiger partial charge is 0.230 e. The summed E-state index contributed by atoms with van der Waals surface area (Å²) in [5, 5.41) is 17.1. The Labute approximate surface area is 120 Å². The van der Waals surface area contributed by atoms with Crippen molar-refractivity contribution in [3.63, 3.8) is 0 Å². The van der Waals surface area contributed by atoms with Gasteiger partial charge in [0.1, 0.15) is 17.4 Å². The second-order valence-electron chi connectivity index (χ2n) is 4.45. The molecule has 0 spiro atoms. The average Bonchev–Trinajstić information content (AvgIpc) is 2.54. The number of aliphatic imine (C=N–C) groups is 1. The number of fused-ring (bicyclic) bond motifs is 2. The van der Waals surface area contributed by atoms with Crippen LogP contribution in [0.4, 0.5) is 5.69 Å². The van der Waals surface area contributed by atoms with Gasteiger partial charge in [-0.1, -0.05) is 23.9 Å². The predicted molar refractivity (Wildman–Crippen MR) is 76.5 cm³/mol. The molecule has 2 heterocycles. The van der Waals surface area contributed by atoms with Crippen molar-refractivity contribution in [2.45, 2.75) is 23.6 Å². The molecule has 0 aliphatic carbocycles. The highest BCUT2D eigenvalue weighted by molar-refractivity contribution is 7.99. The lowest BCUT2D eigenvalue weighted by molar-refractivity contribution is 0.450. The van der Waals surface area contributed by atoms with Gasteiger partial charge in [-0.3, -0.25) is 10.4 Å². The summed E-state index contributed by atoms with van der Waals surface area (Å²) in [5.74, 6) is 0.616. The van der Waals surface area contributed by atoms with E-state index in [-0.39, 0.29) is 11.1 Å². The normalized spacial score (nSPS) is 12.8. The van der Waals surface area contributed by atoms with Gasteiger partial charge in [0, 0.05) is 21.1 Å². The topological polar surface area (TPSA) is 73.1 Å². The molecule has 98 valence electrons. The maximum atomic E-state index is 9.31. The van der Waals surface area contributed by atoms with Gasteiger partial charge < -0.3 is 4.42 Å². The van der Waals surface area contributed by atoms with E-state index in [1.54, 1.807) is 6.92 Å². The monoisotopic (exact) mass is 281 g/mol. The zero-order valence-electron chi connectivity index (χ0n) is 11.0. The molecule has 0 saturated carbocycles. The predicted octanol–water partition coefficient (Wildman–Crippen LogP) is 3.54. The molecule has 1 aromatic carbocycles. The first-order valence-electron chi connectivity index (χ1n) is 6.06. The van der Waals surface area contributed by atoms with Gasteiger partial charge in [-0.2, -0.15) is 5.26 Å². The highest BCUT2D eigenvalue weighted by atomic mass is 32.2. The summed E-state index contributed by atoms with van der Waals surface area (Å²) in [6.45, 7) is 3.70. The van der Waals surface area contributed by atoms with Crippen LogP contribution in [0.1, 0.15) is 23.8 Å². The minimum atomic E-state index is -0.0940. The fourth-order valence-corrected chi connectivity index (χ4v) is 3.47. The number of nitrogens with one attached hydrogen (secondary N) is 1. The highest BCUT2D eigenvalue weighted by Crippen LogP contribution is 2.41. The van der Waals surface area contributed by atoms with Gasteiger partial charge in [-0.05, 0) is 26.0 Å². The summed E-state index contributed by atoms with van der Waals surface area (Å²) in [5.41, 5.74) is 2.67. The third-order valence-electron chi connectivity index (χ3n) is 3.13. The van der Waals surface area contributed by atoms with Gasteiger partial charge in [0.05, 0.1) is 5.69 Å². The molecule has 0 fully saturated rings. The molecule has 1 aromatic heterocycles. The summed E-state index contributed by atoms with van der Waals surface area (Å²) >= 11 is 1.47. The van der Waals surface area contributed by atoms with E-state index in [9.17, 15) is 5.26 Å². The fraction of sp³-hybridized carbons (Fsp3) is 0.133. The molecule has 0 unspecified atom stereocenters. The number of nitriles is 1. The largest absolute Gasteiger partial charge is 0.442 e. The van der Waals surface area contributed by atoms with Crippen molar-refractivity contribution < 1.29 is 4.42 Å². The van der Waals surface area contributed by atoms with Crippen molar-refractivity contribution >= 4 is 23.2 Å². The Morgan fingerprint density at radius 1 is 1.30 bits per heavy atom. The minimum Gasteiger partial charge on any atom is -0.442 e. The first kappa shape index (κ1) is 12.7. The van der Waals surface area contributed by atoms with Crippen LogP contribution in [-0.2, 0) is 0 Å². The van der Waals surface area contributed by atoms with E-state index in [0.29, 0.717) is 5.76 Å². The summed E-state index contributed by atoms with van der Waals surface area (Å²) < 4.78 is 5.37. The van der Waals surface area contributed by atoms with E-state index in [1.807, 2.05) is 31.2 Å². The number of benzene rings is 1. The standard InChI is InChI=1S/C15H11N3OS/c1-8-13-9(2)19-15(17)10(7-16)14(13)20-12-6-4-3-5-11(12)18-8/h3-6,17H,1-2H3. The molecule has 3 rings (SSSR count). The Bertz CT molecular complexity index is 843. The van der Waals surface area contributed by atoms with E-state index in [1.165, 1.54) is 11.8 Å². The molecule has 1 aliphatic heterocycles. The molecule has 20 heavy (non-hydrogen) atoms. The van der Waals surface area contributed by atoms with E-state index < -0.39 is 0 Å². The lowest BCUT2D eigenvalue weighted by atomic mass is 10.1. The number of rotatable bonds is 0. The number of nitrogens with zero attached hydrogens (tertiary/aromatic N) is 2. The zero-order chi connectivity index (χ0) is 14.3. The molecule has 1 aliphatic rings. The van der Waals surface area contributed by atoms with E-state index >= 15 is 0 Å².